The normalized spacial score (nSPS) is 10.6. The quantitative estimate of drug-likeness (QED) is 0.710. The van der Waals surface area contributed by atoms with Gasteiger partial charge in [0.15, 0.2) is 0 Å². The number of anilines is 2. The standard InChI is InChI=1S/C17H13BrN2O2/c1-10-9-15(13-3-2-4-14(18)16(13)19-10)20-12-7-5-11(6-8-12)17(21)22/h2-9H,1H3,(H,19,20)(H,21,22). The van der Waals surface area contributed by atoms with Crippen LogP contribution in [-0.4, -0.2) is 16.1 Å². The lowest BCUT2D eigenvalue weighted by Gasteiger charge is -2.12. The van der Waals surface area contributed by atoms with E-state index in [-0.39, 0.29) is 5.56 Å². The summed E-state index contributed by atoms with van der Waals surface area (Å²) in [7, 11) is 0. The third kappa shape index (κ3) is 2.80. The van der Waals surface area contributed by atoms with Gasteiger partial charge >= 0.3 is 5.97 Å². The fourth-order valence-corrected chi connectivity index (χ4v) is 2.75. The van der Waals surface area contributed by atoms with Gasteiger partial charge in [0.1, 0.15) is 0 Å². The molecule has 0 bridgehead atoms. The number of carboxylic acids is 1. The van der Waals surface area contributed by atoms with Crippen LogP contribution >= 0.6 is 15.9 Å². The molecule has 110 valence electrons. The molecule has 4 nitrogen and oxygen atoms in total. The Hall–Kier alpha value is -2.40. The van der Waals surface area contributed by atoms with Gasteiger partial charge in [-0.3, -0.25) is 4.98 Å². The second-order valence-electron chi connectivity index (χ2n) is 4.95. The maximum atomic E-state index is 10.9. The topological polar surface area (TPSA) is 62.2 Å². The van der Waals surface area contributed by atoms with Crippen molar-refractivity contribution in [3.8, 4) is 0 Å². The monoisotopic (exact) mass is 356 g/mol. The lowest BCUT2D eigenvalue weighted by Crippen LogP contribution is -1.98. The fourth-order valence-electron chi connectivity index (χ4n) is 2.30. The molecule has 3 aromatic rings. The fraction of sp³-hybridized carbons (Fsp3) is 0.0588. The molecule has 2 N–H and O–H groups in total. The molecule has 0 aliphatic heterocycles. The molecule has 0 radical (unpaired) electrons. The van der Waals surface area contributed by atoms with Crippen LogP contribution in [0, 0.1) is 6.92 Å². The van der Waals surface area contributed by atoms with Gasteiger partial charge in [-0.1, -0.05) is 12.1 Å². The number of fused-ring (bicyclic) bond motifs is 1. The van der Waals surface area contributed by atoms with Crippen LogP contribution < -0.4 is 5.32 Å². The van der Waals surface area contributed by atoms with Crippen LogP contribution in [0.5, 0.6) is 0 Å². The molecular formula is C17H13BrN2O2. The van der Waals surface area contributed by atoms with E-state index in [1.165, 1.54) is 0 Å². The first-order chi connectivity index (χ1) is 10.5. The van der Waals surface area contributed by atoms with E-state index < -0.39 is 5.97 Å². The zero-order valence-corrected chi connectivity index (χ0v) is 13.4. The number of nitrogens with one attached hydrogen (secondary N) is 1. The summed E-state index contributed by atoms with van der Waals surface area (Å²) < 4.78 is 0.943. The zero-order valence-electron chi connectivity index (χ0n) is 11.8. The van der Waals surface area contributed by atoms with E-state index in [1.807, 2.05) is 31.2 Å². The van der Waals surface area contributed by atoms with E-state index in [9.17, 15) is 4.79 Å². The van der Waals surface area contributed by atoms with E-state index in [0.717, 1.165) is 32.4 Å². The number of hydrogen-bond donors (Lipinski definition) is 2. The van der Waals surface area contributed by atoms with Crippen LogP contribution in [-0.2, 0) is 0 Å². The van der Waals surface area contributed by atoms with Gasteiger partial charge in [-0.05, 0) is 59.3 Å². The Balaban J connectivity index is 2.03. The highest BCUT2D eigenvalue weighted by atomic mass is 79.9. The SMILES string of the molecule is Cc1cc(Nc2ccc(C(=O)O)cc2)c2cccc(Br)c2n1. The molecule has 0 spiro atoms. The first kappa shape index (κ1) is 14.5. The Bertz CT molecular complexity index is 860. The molecule has 2 aromatic carbocycles. The van der Waals surface area contributed by atoms with Crippen molar-refractivity contribution in [3.63, 3.8) is 0 Å². The Morgan fingerprint density at radius 2 is 1.91 bits per heavy atom. The van der Waals surface area contributed by atoms with E-state index in [0.29, 0.717) is 0 Å². The number of carbonyl (C=O) groups is 1. The first-order valence-corrected chi connectivity index (χ1v) is 7.50. The van der Waals surface area contributed by atoms with Gasteiger partial charge in [0.25, 0.3) is 0 Å². The average molecular weight is 357 g/mol. The summed E-state index contributed by atoms with van der Waals surface area (Å²) in [5, 5.41) is 13.3. The number of carboxylic acid groups (broad SMARTS) is 1. The number of aromatic carboxylic acids is 1. The predicted octanol–water partition coefficient (Wildman–Crippen LogP) is 4.75. The highest BCUT2D eigenvalue weighted by Gasteiger charge is 2.08. The van der Waals surface area contributed by atoms with E-state index >= 15 is 0 Å². The number of aryl methyl sites for hydroxylation is 1. The van der Waals surface area contributed by atoms with Gasteiger partial charge in [0, 0.05) is 26.9 Å². The molecule has 0 fully saturated rings. The van der Waals surface area contributed by atoms with Crippen LogP contribution in [0.25, 0.3) is 10.9 Å². The van der Waals surface area contributed by atoms with Gasteiger partial charge < -0.3 is 10.4 Å². The second kappa shape index (κ2) is 5.77. The lowest BCUT2D eigenvalue weighted by atomic mass is 10.1. The number of nitrogens with zero attached hydrogens (tertiary/aromatic N) is 1. The maximum Gasteiger partial charge on any atom is 0.335 e. The van der Waals surface area contributed by atoms with Crippen molar-refractivity contribution in [2.24, 2.45) is 0 Å². The van der Waals surface area contributed by atoms with Gasteiger partial charge in [-0.2, -0.15) is 0 Å². The molecule has 3 rings (SSSR count). The minimum Gasteiger partial charge on any atom is -0.478 e. The maximum absolute atomic E-state index is 10.9. The van der Waals surface area contributed by atoms with Gasteiger partial charge in [0.2, 0.25) is 0 Å². The van der Waals surface area contributed by atoms with Crippen LogP contribution in [0.3, 0.4) is 0 Å². The number of halogens is 1. The molecule has 0 saturated heterocycles. The summed E-state index contributed by atoms with van der Waals surface area (Å²) >= 11 is 3.52. The van der Waals surface area contributed by atoms with Gasteiger partial charge in [0.05, 0.1) is 11.1 Å². The molecular weight excluding hydrogens is 344 g/mol. The largest absolute Gasteiger partial charge is 0.478 e. The van der Waals surface area contributed by atoms with E-state index in [1.54, 1.807) is 24.3 Å². The summed E-state index contributed by atoms with van der Waals surface area (Å²) in [6.45, 7) is 1.94. The predicted molar refractivity (Wildman–Crippen MR) is 90.9 cm³/mol. The molecule has 1 aromatic heterocycles. The van der Waals surface area contributed by atoms with Crippen molar-refractivity contribution in [2.75, 3.05) is 5.32 Å². The van der Waals surface area contributed by atoms with Crippen molar-refractivity contribution in [2.45, 2.75) is 6.92 Å². The van der Waals surface area contributed by atoms with Gasteiger partial charge in [-0.15, -0.1) is 0 Å². The highest BCUT2D eigenvalue weighted by molar-refractivity contribution is 9.10. The van der Waals surface area contributed by atoms with Gasteiger partial charge in [-0.25, -0.2) is 4.79 Å². The summed E-state index contributed by atoms with van der Waals surface area (Å²) in [5.41, 5.74) is 3.84. The number of rotatable bonds is 3. The summed E-state index contributed by atoms with van der Waals surface area (Å²) in [6, 6.07) is 14.6. The van der Waals surface area contributed by atoms with Crippen molar-refractivity contribution in [1.29, 1.82) is 0 Å². The highest BCUT2D eigenvalue weighted by Crippen LogP contribution is 2.30. The molecule has 0 aliphatic rings. The number of para-hydroxylation sites is 1. The van der Waals surface area contributed by atoms with Crippen LogP contribution in [0.1, 0.15) is 16.1 Å². The lowest BCUT2D eigenvalue weighted by molar-refractivity contribution is 0.0697. The van der Waals surface area contributed by atoms with Crippen LogP contribution in [0.15, 0.2) is 53.0 Å². The van der Waals surface area contributed by atoms with Crippen molar-refractivity contribution < 1.29 is 9.90 Å². The number of benzene rings is 2. The van der Waals surface area contributed by atoms with E-state index in [2.05, 4.69) is 26.2 Å². The van der Waals surface area contributed by atoms with Crippen LogP contribution in [0.2, 0.25) is 0 Å². The number of pyridine rings is 1. The third-order valence-electron chi connectivity index (χ3n) is 3.33. The third-order valence-corrected chi connectivity index (χ3v) is 3.97. The van der Waals surface area contributed by atoms with Crippen molar-refractivity contribution in [3.05, 3.63) is 64.3 Å². The number of hydrogen-bond acceptors (Lipinski definition) is 3. The molecule has 5 heteroatoms. The molecule has 0 unspecified atom stereocenters. The number of aromatic nitrogens is 1. The average Bonchev–Trinajstić information content (AvgIpc) is 2.49. The summed E-state index contributed by atoms with van der Waals surface area (Å²) in [4.78, 5) is 15.4. The summed E-state index contributed by atoms with van der Waals surface area (Å²) in [5.74, 6) is -0.930. The Labute approximate surface area is 135 Å². The molecule has 0 atom stereocenters. The molecule has 22 heavy (non-hydrogen) atoms. The second-order valence-corrected chi connectivity index (χ2v) is 5.81. The Morgan fingerprint density at radius 1 is 1.18 bits per heavy atom. The molecule has 0 aliphatic carbocycles. The molecule has 0 amide bonds. The summed E-state index contributed by atoms with van der Waals surface area (Å²) in [6.07, 6.45) is 0. The van der Waals surface area contributed by atoms with Crippen molar-refractivity contribution >= 4 is 44.2 Å². The molecule has 0 saturated carbocycles. The minimum atomic E-state index is -0.930. The Morgan fingerprint density at radius 3 is 2.59 bits per heavy atom. The smallest absolute Gasteiger partial charge is 0.335 e. The first-order valence-electron chi connectivity index (χ1n) is 6.71. The zero-order chi connectivity index (χ0) is 15.7. The van der Waals surface area contributed by atoms with Crippen LogP contribution in [0.4, 0.5) is 11.4 Å². The Kier molecular flexibility index (Phi) is 3.81. The minimum absolute atomic E-state index is 0.268. The molecule has 1 heterocycles. The van der Waals surface area contributed by atoms with Crippen molar-refractivity contribution in [1.82, 2.24) is 4.98 Å². The van der Waals surface area contributed by atoms with E-state index in [4.69, 9.17) is 5.11 Å².